The predicted octanol–water partition coefficient (Wildman–Crippen LogP) is 5.87. The van der Waals surface area contributed by atoms with Gasteiger partial charge in [-0.25, -0.2) is 4.79 Å². The number of nitrogens with one attached hydrogen (secondary N) is 2. The van der Waals surface area contributed by atoms with E-state index in [2.05, 4.69) is 62.6 Å². The third kappa shape index (κ3) is 7.08. The molecule has 2 rings (SSSR count). The number of alkyl carbamates (subject to hydrolysis) is 1. The van der Waals surface area contributed by atoms with Gasteiger partial charge in [-0.05, 0) is 82.4 Å². The molecule has 1 saturated carbocycles. The van der Waals surface area contributed by atoms with Crippen molar-refractivity contribution in [3.8, 4) is 0 Å². The van der Waals surface area contributed by atoms with Crippen molar-refractivity contribution in [2.45, 2.75) is 97.2 Å². The van der Waals surface area contributed by atoms with E-state index in [-0.39, 0.29) is 17.6 Å². The highest BCUT2D eigenvalue weighted by atomic mass is 16.6. The van der Waals surface area contributed by atoms with E-state index in [1.807, 2.05) is 20.8 Å². The van der Waals surface area contributed by atoms with Crippen LogP contribution in [0, 0.1) is 5.92 Å². The van der Waals surface area contributed by atoms with Crippen LogP contribution < -0.4 is 10.6 Å². The molecule has 1 aromatic carbocycles. The summed E-state index contributed by atoms with van der Waals surface area (Å²) in [4.78, 5) is 11.9. The van der Waals surface area contributed by atoms with E-state index in [4.69, 9.17) is 4.74 Å². The Morgan fingerprint density at radius 2 is 1.56 bits per heavy atom. The van der Waals surface area contributed by atoms with Crippen LogP contribution in [0.1, 0.15) is 79.7 Å². The zero-order valence-electron chi connectivity index (χ0n) is 18.2. The van der Waals surface area contributed by atoms with E-state index in [9.17, 15) is 4.79 Å². The Morgan fingerprint density at radius 3 is 2.04 bits per heavy atom. The lowest BCUT2D eigenvalue weighted by Gasteiger charge is -2.33. The van der Waals surface area contributed by atoms with Gasteiger partial charge in [0, 0.05) is 17.8 Å². The fourth-order valence-electron chi connectivity index (χ4n) is 3.68. The summed E-state index contributed by atoms with van der Waals surface area (Å²) in [6, 6.07) is 9.47. The van der Waals surface area contributed by atoms with E-state index in [1.165, 1.54) is 11.3 Å². The van der Waals surface area contributed by atoms with E-state index >= 15 is 0 Å². The largest absolute Gasteiger partial charge is 0.444 e. The molecule has 1 unspecified atom stereocenters. The van der Waals surface area contributed by atoms with Gasteiger partial charge in [-0.15, -0.1) is 0 Å². The lowest BCUT2D eigenvalue weighted by molar-refractivity contribution is 0.0486. The van der Waals surface area contributed by atoms with E-state index < -0.39 is 5.60 Å². The summed E-state index contributed by atoms with van der Waals surface area (Å²) < 4.78 is 5.36. The lowest BCUT2D eigenvalue weighted by atomic mass is 9.82. The number of ether oxygens (including phenoxy) is 1. The first kappa shape index (κ1) is 21.6. The Bertz CT molecular complexity index is 603. The SMILES string of the molecule is CC(Nc1ccc(C(C)(C)C)cc1)[C@H]1CC[C@H](NC(=O)OC(C)(C)C)CC1. The molecule has 4 heteroatoms. The molecule has 0 aromatic heterocycles. The standard InChI is InChI=1S/C23H38N2O2/c1-16(24-19-14-10-18(11-15-19)22(2,3)4)17-8-12-20(13-9-17)25-21(26)27-23(5,6)7/h10-11,14-17,20,24H,8-9,12-13H2,1-7H3,(H,25,26)/t16?,17-,20-. The van der Waals surface area contributed by atoms with Crippen molar-refractivity contribution >= 4 is 11.8 Å². The fourth-order valence-corrected chi connectivity index (χ4v) is 3.68. The van der Waals surface area contributed by atoms with Gasteiger partial charge in [-0.1, -0.05) is 32.9 Å². The van der Waals surface area contributed by atoms with Gasteiger partial charge in [-0.2, -0.15) is 0 Å². The van der Waals surface area contributed by atoms with Crippen LogP contribution in [0.2, 0.25) is 0 Å². The van der Waals surface area contributed by atoms with Crippen molar-refractivity contribution in [1.29, 1.82) is 0 Å². The highest BCUT2D eigenvalue weighted by molar-refractivity contribution is 5.68. The third-order valence-electron chi connectivity index (χ3n) is 5.35. The summed E-state index contributed by atoms with van der Waals surface area (Å²) in [5, 5.41) is 6.69. The minimum Gasteiger partial charge on any atom is -0.444 e. The summed E-state index contributed by atoms with van der Waals surface area (Å²) in [6.45, 7) is 14.7. The molecule has 27 heavy (non-hydrogen) atoms. The zero-order chi connectivity index (χ0) is 20.2. The molecule has 1 amide bonds. The van der Waals surface area contributed by atoms with Gasteiger partial charge < -0.3 is 15.4 Å². The summed E-state index contributed by atoms with van der Waals surface area (Å²) in [5.74, 6) is 0.629. The van der Waals surface area contributed by atoms with Crippen molar-refractivity contribution in [2.75, 3.05) is 5.32 Å². The highest BCUT2D eigenvalue weighted by Gasteiger charge is 2.27. The minimum absolute atomic E-state index is 0.184. The Balaban J connectivity index is 1.79. The van der Waals surface area contributed by atoms with E-state index in [0.29, 0.717) is 12.0 Å². The number of carbonyl (C=O) groups is 1. The van der Waals surface area contributed by atoms with Crippen molar-refractivity contribution in [2.24, 2.45) is 5.92 Å². The fraction of sp³-hybridized carbons (Fsp3) is 0.696. The van der Waals surface area contributed by atoms with Crippen LogP contribution in [0.15, 0.2) is 24.3 Å². The van der Waals surface area contributed by atoms with Crippen LogP contribution in [0.3, 0.4) is 0 Å². The van der Waals surface area contributed by atoms with Gasteiger partial charge in [0.25, 0.3) is 0 Å². The molecule has 152 valence electrons. The molecular weight excluding hydrogens is 336 g/mol. The summed E-state index contributed by atoms with van der Waals surface area (Å²) >= 11 is 0. The van der Waals surface area contributed by atoms with Gasteiger partial charge in [-0.3, -0.25) is 0 Å². The second-order valence-corrected chi connectivity index (χ2v) is 10.0. The van der Waals surface area contributed by atoms with Crippen LogP contribution in [0.25, 0.3) is 0 Å². The Kier molecular flexibility index (Phi) is 6.82. The quantitative estimate of drug-likeness (QED) is 0.693. The second kappa shape index (κ2) is 8.53. The number of anilines is 1. The van der Waals surface area contributed by atoms with E-state index in [1.54, 1.807) is 0 Å². The molecule has 1 atom stereocenters. The highest BCUT2D eigenvalue weighted by Crippen LogP contribution is 2.29. The molecule has 0 saturated heterocycles. The van der Waals surface area contributed by atoms with Gasteiger partial charge in [0.1, 0.15) is 5.60 Å². The van der Waals surface area contributed by atoms with Gasteiger partial charge in [0.15, 0.2) is 0 Å². The molecule has 0 spiro atoms. The summed E-state index contributed by atoms with van der Waals surface area (Å²) in [5.41, 5.74) is 2.28. The van der Waals surface area contributed by atoms with Crippen LogP contribution in [-0.4, -0.2) is 23.8 Å². The number of hydrogen-bond donors (Lipinski definition) is 2. The smallest absolute Gasteiger partial charge is 0.407 e. The molecule has 1 fully saturated rings. The zero-order valence-corrected chi connectivity index (χ0v) is 18.2. The molecule has 2 N–H and O–H groups in total. The maximum absolute atomic E-state index is 11.9. The number of amides is 1. The topological polar surface area (TPSA) is 50.4 Å². The third-order valence-corrected chi connectivity index (χ3v) is 5.35. The summed E-state index contributed by atoms with van der Waals surface area (Å²) in [7, 11) is 0. The monoisotopic (exact) mass is 374 g/mol. The molecule has 0 aliphatic heterocycles. The Hall–Kier alpha value is -1.71. The van der Waals surface area contributed by atoms with Crippen LogP contribution in [-0.2, 0) is 10.2 Å². The average Bonchev–Trinajstić information content (AvgIpc) is 2.53. The minimum atomic E-state index is -0.442. The maximum atomic E-state index is 11.9. The van der Waals surface area contributed by atoms with Crippen molar-refractivity contribution in [3.63, 3.8) is 0 Å². The van der Waals surface area contributed by atoms with E-state index in [0.717, 1.165) is 25.7 Å². The Morgan fingerprint density at radius 1 is 1.00 bits per heavy atom. The molecule has 4 nitrogen and oxygen atoms in total. The van der Waals surface area contributed by atoms with Gasteiger partial charge >= 0.3 is 6.09 Å². The predicted molar refractivity (Wildman–Crippen MR) is 113 cm³/mol. The van der Waals surface area contributed by atoms with Crippen LogP contribution in [0.4, 0.5) is 10.5 Å². The number of benzene rings is 1. The van der Waals surface area contributed by atoms with Crippen molar-refractivity contribution in [3.05, 3.63) is 29.8 Å². The van der Waals surface area contributed by atoms with Gasteiger partial charge in [0.05, 0.1) is 0 Å². The number of carbonyl (C=O) groups excluding carboxylic acids is 1. The summed E-state index contributed by atoms with van der Waals surface area (Å²) in [6.07, 6.45) is 3.97. The Labute approximate surface area is 165 Å². The number of hydrogen-bond acceptors (Lipinski definition) is 3. The normalized spacial score (nSPS) is 22.0. The van der Waals surface area contributed by atoms with Gasteiger partial charge in [0.2, 0.25) is 0 Å². The maximum Gasteiger partial charge on any atom is 0.407 e. The molecule has 1 aromatic rings. The van der Waals surface area contributed by atoms with Crippen LogP contribution >= 0.6 is 0 Å². The molecule has 1 aliphatic carbocycles. The first-order valence-corrected chi connectivity index (χ1v) is 10.3. The number of rotatable bonds is 4. The molecule has 1 aliphatic rings. The first-order valence-electron chi connectivity index (χ1n) is 10.3. The van der Waals surface area contributed by atoms with Crippen molar-refractivity contribution < 1.29 is 9.53 Å². The molecule has 0 heterocycles. The molecule has 0 radical (unpaired) electrons. The molecule has 0 bridgehead atoms. The molecular formula is C23H38N2O2. The van der Waals surface area contributed by atoms with Crippen LogP contribution in [0.5, 0.6) is 0 Å². The van der Waals surface area contributed by atoms with Crippen molar-refractivity contribution in [1.82, 2.24) is 5.32 Å². The first-order chi connectivity index (χ1) is 12.4. The second-order valence-electron chi connectivity index (χ2n) is 10.0. The lowest BCUT2D eigenvalue weighted by Crippen LogP contribution is -2.42. The average molecular weight is 375 g/mol.